The van der Waals surface area contributed by atoms with Crippen LogP contribution >= 0.6 is 11.8 Å². The predicted octanol–water partition coefficient (Wildman–Crippen LogP) is 3.58. The minimum absolute atomic E-state index is 0.00920. The van der Waals surface area contributed by atoms with E-state index in [1.165, 1.54) is 12.1 Å². The van der Waals surface area contributed by atoms with Gasteiger partial charge in [-0.05, 0) is 41.6 Å². The highest BCUT2D eigenvalue weighted by atomic mass is 32.2. The van der Waals surface area contributed by atoms with Gasteiger partial charge in [-0.1, -0.05) is 12.1 Å². The maximum atomic E-state index is 11.8. The summed E-state index contributed by atoms with van der Waals surface area (Å²) in [5.74, 6) is 1.15. The van der Waals surface area contributed by atoms with Crippen molar-refractivity contribution in [1.29, 1.82) is 0 Å². The van der Waals surface area contributed by atoms with Gasteiger partial charge in [-0.2, -0.15) is 0 Å². The van der Waals surface area contributed by atoms with Crippen LogP contribution in [0.25, 0.3) is 0 Å². The van der Waals surface area contributed by atoms with Gasteiger partial charge >= 0.3 is 0 Å². The Kier molecular flexibility index (Phi) is 3.46. The van der Waals surface area contributed by atoms with Crippen molar-refractivity contribution in [2.45, 2.75) is 11.4 Å². The summed E-state index contributed by atoms with van der Waals surface area (Å²) in [6.07, 6.45) is -0.475. The molecular weight excluding hydrogens is 330 g/mol. The fourth-order valence-corrected chi connectivity index (χ4v) is 3.63. The van der Waals surface area contributed by atoms with Crippen molar-refractivity contribution < 1.29 is 14.5 Å². The van der Waals surface area contributed by atoms with Crippen molar-refractivity contribution in [2.75, 3.05) is 0 Å². The monoisotopic (exact) mass is 341 g/mol. The molecule has 2 heterocycles. The predicted molar refractivity (Wildman–Crippen MR) is 89.9 cm³/mol. The molecule has 0 aliphatic carbocycles. The van der Waals surface area contributed by atoms with Gasteiger partial charge in [-0.15, -0.1) is 0 Å². The number of fused-ring (bicyclic) bond motifs is 2. The Morgan fingerprint density at radius 2 is 1.92 bits per heavy atom. The van der Waals surface area contributed by atoms with Crippen LogP contribution in [-0.2, 0) is 0 Å². The van der Waals surface area contributed by atoms with Crippen LogP contribution in [0.2, 0.25) is 0 Å². The number of ether oxygens (including phenoxy) is 1. The quantitative estimate of drug-likeness (QED) is 0.665. The normalized spacial score (nSPS) is 21.7. The number of hydrogen-bond donors (Lipinski definition) is 1. The Morgan fingerprint density at radius 1 is 1.17 bits per heavy atom. The number of nitrogens with zero attached hydrogens (tertiary/aromatic N) is 2. The van der Waals surface area contributed by atoms with Crippen LogP contribution in [0.4, 0.5) is 16.2 Å². The van der Waals surface area contributed by atoms with Crippen LogP contribution in [0.3, 0.4) is 0 Å². The van der Waals surface area contributed by atoms with Crippen molar-refractivity contribution >= 4 is 34.2 Å². The van der Waals surface area contributed by atoms with Gasteiger partial charge in [0.1, 0.15) is 28.6 Å². The van der Waals surface area contributed by atoms with E-state index in [2.05, 4.69) is 10.3 Å². The second kappa shape index (κ2) is 5.64. The minimum atomic E-state index is -0.475. The van der Waals surface area contributed by atoms with Crippen LogP contribution in [-0.4, -0.2) is 21.2 Å². The molecular formula is C16H11N3O4S. The molecule has 2 unspecified atom stereocenters. The smallest absolute Gasteiger partial charge is 0.285 e. The standard InChI is InChI=1S/C16H11N3O4S/c20-16-18-15-14(24-16)13(9-5-7-10(8-6-9)19(21)22)23-12-4-2-1-3-11(12)17-15/h1-8,13-14H,(H,17,18,20). The molecule has 4 rings (SSSR count). The van der Waals surface area contributed by atoms with E-state index in [4.69, 9.17) is 4.74 Å². The summed E-state index contributed by atoms with van der Waals surface area (Å²) in [5, 5.41) is 13.1. The third kappa shape index (κ3) is 2.50. The maximum absolute atomic E-state index is 11.8. The number of para-hydroxylation sites is 2. The molecule has 0 saturated carbocycles. The van der Waals surface area contributed by atoms with Crippen LogP contribution in [0, 0.1) is 10.1 Å². The van der Waals surface area contributed by atoms with Crippen molar-refractivity contribution in [1.82, 2.24) is 5.32 Å². The zero-order valence-corrected chi connectivity index (χ0v) is 13.0. The van der Waals surface area contributed by atoms with Gasteiger partial charge < -0.3 is 10.1 Å². The number of amides is 1. The highest BCUT2D eigenvalue weighted by molar-refractivity contribution is 8.15. The Labute approximate surface area is 140 Å². The zero-order valence-electron chi connectivity index (χ0n) is 12.2. The molecule has 120 valence electrons. The molecule has 24 heavy (non-hydrogen) atoms. The number of nitrogens with one attached hydrogen (secondary N) is 1. The maximum Gasteiger partial charge on any atom is 0.285 e. The molecule has 1 saturated heterocycles. The molecule has 0 radical (unpaired) electrons. The first-order chi connectivity index (χ1) is 11.6. The SMILES string of the molecule is O=C1NC2=Nc3ccccc3OC(c3ccc([N+](=O)[O-])cc3)C2S1. The highest BCUT2D eigenvalue weighted by Gasteiger charge is 2.40. The first-order valence-corrected chi connectivity index (χ1v) is 8.06. The molecule has 1 amide bonds. The number of thioether (sulfide) groups is 1. The fraction of sp³-hybridized carbons (Fsp3) is 0.125. The molecule has 0 bridgehead atoms. The fourth-order valence-electron chi connectivity index (χ4n) is 2.68. The van der Waals surface area contributed by atoms with Crippen molar-refractivity contribution in [2.24, 2.45) is 4.99 Å². The molecule has 1 N–H and O–H groups in total. The van der Waals surface area contributed by atoms with E-state index in [1.54, 1.807) is 12.1 Å². The number of rotatable bonds is 2. The van der Waals surface area contributed by atoms with E-state index in [0.717, 1.165) is 17.3 Å². The molecule has 2 atom stereocenters. The average molecular weight is 341 g/mol. The number of carbonyl (C=O) groups excluding carboxylic acids is 1. The molecule has 2 aromatic rings. The number of aliphatic imine (C=N–C) groups is 1. The van der Waals surface area contributed by atoms with E-state index in [1.807, 2.05) is 24.3 Å². The molecule has 0 aromatic heterocycles. The van der Waals surface area contributed by atoms with Gasteiger partial charge in [0, 0.05) is 12.1 Å². The Morgan fingerprint density at radius 3 is 2.67 bits per heavy atom. The summed E-state index contributed by atoms with van der Waals surface area (Å²) >= 11 is 1.11. The average Bonchev–Trinajstić information content (AvgIpc) is 2.86. The summed E-state index contributed by atoms with van der Waals surface area (Å²) < 4.78 is 6.11. The lowest BCUT2D eigenvalue weighted by Crippen LogP contribution is -2.30. The van der Waals surface area contributed by atoms with Gasteiger partial charge in [0.2, 0.25) is 0 Å². The summed E-state index contributed by atoms with van der Waals surface area (Å²) in [6.45, 7) is 0. The lowest BCUT2D eigenvalue weighted by Gasteiger charge is -2.22. The largest absolute Gasteiger partial charge is 0.482 e. The summed E-state index contributed by atoms with van der Waals surface area (Å²) in [7, 11) is 0. The van der Waals surface area contributed by atoms with E-state index in [0.29, 0.717) is 17.3 Å². The Hall–Kier alpha value is -2.87. The molecule has 2 aliphatic heterocycles. The number of hydrogen-bond acceptors (Lipinski definition) is 6. The Bertz CT molecular complexity index is 866. The summed E-state index contributed by atoms with van der Waals surface area (Å²) in [6, 6.07) is 13.5. The topological polar surface area (TPSA) is 93.8 Å². The number of amidine groups is 1. The summed E-state index contributed by atoms with van der Waals surface area (Å²) in [4.78, 5) is 26.7. The second-order valence-electron chi connectivity index (χ2n) is 5.30. The molecule has 7 nitrogen and oxygen atoms in total. The van der Waals surface area contributed by atoms with E-state index in [9.17, 15) is 14.9 Å². The first-order valence-electron chi connectivity index (χ1n) is 7.18. The third-order valence-electron chi connectivity index (χ3n) is 3.80. The number of benzene rings is 2. The Balaban J connectivity index is 1.78. The number of nitro benzene ring substituents is 1. The lowest BCUT2D eigenvalue weighted by molar-refractivity contribution is -0.384. The number of non-ortho nitro benzene ring substituents is 1. The van der Waals surface area contributed by atoms with Crippen LogP contribution < -0.4 is 10.1 Å². The second-order valence-corrected chi connectivity index (χ2v) is 6.42. The molecule has 0 spiro atoms. The minimum Gasteiger partial charge on any atom is -0.482 e. The van der Waals surface area contributed by atoms with E-state index < -0.39 is 11.0 Å². The van der Waals surface area contributed by atoms with Crippen LogP contribution in [0.15, 0.2) is 53.5 Å². The molecule has 2 aliphatic rings. The summed E-state index contributed by atoms with van der Waals surface area (Å²) in [5.41, 5.74) is 1.40. The van der Waals surface area contributed by atoms with Gasteiger partial charge in [0.15, 0.2) is 0 Å². The lowest BCUT2D eigenvalue weighted by atomic mass is 10.0. The van der Waals surface area contributed by atoms with Gasteiger partial charge in [0.05, 0.1) is 4.92 Å². The number of nitro groups is 1. The van der Waals surface area contributed by atoms with Crippen molar-refractivity contribution in [3.63, 3.8) is 0 Å². The van der Waals surface area contributed by atoms with Crippen molar-refractivity contribution in [3.05, 3.63) is 64.2 Å². The van der Waals surface area contributed by atoms with E-state index >= 15 is 0 Å². The molecule has 2 aromatic carbocycles. The van der Waals surface area contributed by atoms with Gasteiger partial charge in [-0.3, -0.25) is 14.9 Å². The number of carbonyl (C=O) groups is 1. The van der Waals surface area contributed by atoms with Crippen LogP contribution in [0.5, 0.6) is 5.75 Å². The van der Waals surface area contributed by atoms with Gasteiger partial charge in [-0.25, -0.2) is 4.99 Å². The molecule has 8 heteroatoms. The third-order valence-corrected chi connectivity index (χ3v) is 4.84. The van der Waals surface area contributed by atoms with Crippen molar-refractivity contribution in [3.8, 4) is 5.75 Å². The zero-order chi connectivity index (χ0) is 16.7. The van der Waals surface area contributed by atoms with E-state index in [-0.39, 0.29) is 16.2 Å². The highest BCUT2D eigenvalue weighted by Crippen LogP contribution is 2.42. The van der Waals surface area contributed by atoms with Gasteiger partial charge in [0.25, 0.3) is 10.9 Å². The first kappa shape index (κ1) is 14.7. The molecule has 1 fully saturated rings. The van der Waals surface area contributed by atoms with Crippen LogP contribution in [0.1, 0.15) is 11.7 Å².